The molecule has 0 bridgehead atoms. The van der Waals surface area contributed by atoms with E-state index in [2.05, 4.69) is 25.1 Å². The molecule has 0 amide bonds. The number of aliphatic hydroxyl groups is 3. The fraction of sp³-hybridized carbons (Fsp3) is 0.778. The Hall–Kier alpha value is -1.48. The van der Waals surface area contributed by atoms with Crippen molar-refractivity contribution in [3.05, 3.63) is 12.3 Å². The highest BCUT2D eigenvalue weighted by Gasteiger charge is 2.15. The molecule has 8 nitrogen and oxygen atoms in total. The Balaban J connectivity index is 1.72. The molecule has 1 aromatic rings. The lowest BCUT2D eigenvalue weighted by atomic mass is 10.1. The van der Waals surface area contributed by atoms with Crippen LogP contribution in [0.25, 0.3) is 0 Å². The monoisotopic (exact) mass is 367 g/mol. The van der Waals surface area contributed by atoms with E-state index < -0.39 is 18.8 Å². The number of likely N-dealkylation sites (N-methyl/N-ethyl adjacent to an activating group) is 1. The van der Waals surface area contributed by atoms with Crippen LogP contribution in [0.3, 0.4) is 0 Å². The summed E-state index contributed by atoms with van der Waals surface area (Å²) in [5.41, 5.74) is 0. The minimum absolute atomic E-state index is 0.416. The van der Waals surface area contributed by atoms with Gasteiger partial charge in [0.05, 0.1) is 12.7 Å². The van der Waals surface area contributed by atoms with Crippen LogP contribution < -0.4 is 10.2 Å². The van der Waals surface area contributed by atoms with Gasteiger partial charge < -0.3 is 30.4 Å². The van der Waals surface area contributed by atoms with Gasteiger partial charge in [0, 0.05) is 38.9 Å². The van der Waals surface area contributed by atoms with E-state index in [0.29, 0.717) is 25.5 Å². The molecule has 0 saturated carbocycles. The third-order valence-corrected chi connectivity index (χ3v) is 4.79. The highest BCUT2D eigenvalue weighted by molar-refractivity contribution is 5.42. The van der Waals surface area contributed by atoms with E-state index in [-0.39, 0.29) is 0 Å². The molecule has 2 atom stereocenters. The van der Waals surface area contributed by atoms with Crippen LogP contribution >= 0.6 is 0 Å². The molecule has 0 unspecified atom stereocenters. The Labute approximate surface area is 155 Å². The summed E-state index contributed by atoms with van der Waals surface area (Å²) in [6.07, 6.45) is 5.26. The minimum atomic E-state index is -1.07. The van der Waals surface area contributed by atoms with Crippen molar-refractivity contribution < 1.29 is 15.3 Å². The van der Waals surface area contributed by atoms with Crippen LogP contribution in [-0.4, -0.2) is 88.8 Å². The smallest absolute Gasteiger partial charge is 0.224 e. The molecule has 1 saturated heterocycles. The van der Waals surface area contributed by atoms with E-state index in [0.717, 1.165) is 25.5 Å². The number of hydrogen-bond donors (Lipinski definition) is 4. The normalized spacial score (nSPS) is 17.8. The average Bonchev–Trinajstić information content (AvgIpc) is 2.95. The molecule has 0 aliphatic carbocycles. The van der Waals surface area contributed by atoms with Crippen molar-refractivity contribution in [3.63, 3.8) is 0 Å². The quantitative estimate of drug-likeness (QED) is 0.468. The van der Waals surface area contributed by atoms with Gasteiger partial charge in [-0.15, -0.1) is 0 Å². The van der Waals surface area contributed by atoms with E-state index in [4.69, 9.17) is 5.11 Å². The number of aliphatic hydroxyl groups excluding tert-OH is 3. The molecule has 1 fully saturated rings. The summed E-state index contributed by atoms with van der Waals surface area (Å²) in [6, 6.07) is 1.97. The Bertz CT molecular complexity index is 511. The molecule has 1 aromatic heterocycles. The van der Waals surface area contributed by atoms with Gasteiger partial charge in [-0.3, -0.25) is 0 Å². The largest absolute Gasteiger partial charge is 0.394 e. The van der Waals surface area contributed by atoms with Crippen LogP contribution in [0.15, 0.2) is 12.3 Å². The summed E-state index contributed by atoms with van der Waals surface area (Å²) in [5, 5.41) is 31.1. The van der Waals surface area contributed by atoms with Crippen molar-refractivity contribution in [3.8, 4) is 0 Å². The Morgan fingerprint density at radius 3 is 2.58 bits per heavy atom. The second-order valence-electron chi connectivity index (χ2n) is 6.98. The highest BCUT2D eigenvalue weighted by atomic mass is 16.4. The van der Waals surface area contributed by atoms with E-state index in [1.807, 2.05) is 13.1 Å². The summed E-state index contributed by atoms with van der Waals surface area (Å²) in [6.45, 7) is 3.78. The SMILES string of the molecule is CN(CCNc1nccc(N2CCCCCC2)n1)CC[C@H](O)[C@H](O)CO. The van der Waals surface area contributed by atoms with Gasteiger partial charge in [-0.1, -0.05) is 12.8 Å². The van der Waals surface area contributed by atoms with Crippen molar-refractivity contribution in [2.75, 3.05) is 56.6 Å². The standard InChI is InChI=1S/C18H33N5O3/c1-22(12-7-15(25)16(26)14-24)13-9-20-18-19-8-6-17(21-18)23-10-4-2-3-5-11-23/h6,8,15-16,24-26H,2-5,7,9-14H2,1H3,(H,19,20,21)/t15-,16+/m0/s1. The van der Waals surface area contributed by atoms with Gasteiger partial charge in [-0.2, -0.15) is 4.98 Å². The molecule has 8 heteroatoms. The molecule has 4 N–H and O–H groups in total. The third-order valence-electron chi connectivity index (χ3n) is 4.79. The van der Waals surface area contributed by atoms with Gasteiger partial charge in [0.2, 0.25) is 5.95 Å². The Morgan fingerprint density at radius 1 is 1.15 bits per heavy atom. The molecule has 26 heavy (non-hydrogen) atoms. The van der Waals surface area contributed by atoms with Crippen LogP contribution in [0, 0.1) is 0 Å². The van der Waals surface area contributed by atoms with Crippen LogP contribution in [0.1, 0.15) is 32.1 Å². The Kier molecular flexibility index (Phi) is 9.04. The van der Waals surface area contributed by atoms with Crippen LogP contribution in [0.2, 0.25) is 0 Å². The molecular formula is C18H33N5O3. The zero-order valence-electron chi connectivity index (χ0n) is 15.7. The van der Waals surface area contributed by atoms with Crippen molar-refractivity contribution in [2.45, 2.75) is 44.3 Å². The average molecular weight is 367 g/mol. The second-order valence-corrected chi connectivity index (χ2v) is 6.98. The summed E-state index contributed by atoms with van der Waals surface area (Å²) in [5.74, 6) is 1.62. The summed E-state index contributed by atoms with van der Waals surface area (Å²) in [4.78, 5) is 13.3. The highest BCUT2D eigenvalue weighted by Crippen LogP contribution is 2.17. The van der Waals surface area contributed by atoms with E-state index in [9.17, 15) is 10.2 Å². The summed E-state index contributed by atoms with van der Waals surface area (Å²) in [7, 11) is 1.95. The number of aromatic nitrogens is 2. The van der Waals surface area contributed by atoms with Crippen molar-refractivity contribution in [1.29, 1.82) is 0 Å². The van der Waals surface area contributed by atoms with Gasteiger partial charge in [-0.05, 0) is 32.4 Å². The number of anilines is 2. The zero-order valence-corrected chi connectivity index (χ0v) is 15.7. The van der Waals surface area contributed by atoms with Crippen LogP contribution in [0.5, 0.6) is 0 Å². The maximum atomic E-state index is 9.67. The fourth-order valence-corrected chi connectivity index (χ4v) is 3.05. The number of rotatable bonds is 10. The van der Waals surface area contributed by atoms with Crippen molar-refractivity contribution in [2.24, 2.45) is 0 Å². The first-order valence-corrected chi connectivity index (χ1v) is 9.57. The fourth-order valence-electron chi connectivity index (χ4n) is 3.05. The lowest BCUT2D eigenvalue weighted by Crippen LogP contribution is -2.34. The lowest BCUT2D eigenvalue weighted by molar-refractivity contribution is -0.0204. The first-order chi connectivity index (χ1) is 12.6. The van der Waals surface area contributed by atoms with E-state index >= 15 is 0 Å². The van der Waals surface area contributed by atoms with Gasteiger partial charge in [0.25, 0.3) is 0 Å². The number of nitrogens with one attached hydrogen (secondary N) is 1. The molecule has 0 spiro atoms. The van der Waals surface area contributed by atoms with E-state index in [1.54, 1.807) is 6.20 Å². The first-order valence-electron chi connectivity index (χ1n) is 9.57. The van der Waals surface area contributed by atoms with E-state index in [1.165, 1.54) is 25.7 Å². The molecule has 0 aromatic carbocycles. The molecular weight excluding hydrogens is 334 g/mol. The van der Waals surface area contributed by atoms with Crippen molar-refractivity contribution in [1.82, 2.24) is 14.9 Å². The second kappa shape index (κ2) is 11.3. The molecule has 2 heterocycles. The lowest BCUT2D eigenvalue weighted by Gasteiger charge is -2.22. The Morgan fingerprint density at radius 2 is 1.88 bits per heavy atom. The minimum Gasteiger partial charge on any atom is -0.394 e. The van der Waals surface area contributed by atoms with Gasteiger partial charge in [-0.25, -0.2) is 4.98 Å². The topological polar surface area (TPSA) is 105 Å². The summed E-state index contributed by atoms with van der Waals surface area (Å²) < 4.78 is 0. The van der Waals surface area contributed by atoms with Gasteiger partial charge in [0.15, 0.2) is 0 Å². The van der Waals surface area contributed by atoms with Crippen LogP contribution in [-0.2, 0) is 0 Å². The molecule has 2 rings (SSSR count). The van der Waals surface area contributed by atoms with Crippen LogP contribution in [0.4, 0.5) is 11.8 Å². The molecule has 148 valence electrons. The third kappa shape index (κ3) is 7.03. The maximum absolute atomic E-state index is 9.67. The summed E-state index contributed by atoms with van der Waals surface area (Å²) >= 11 is 0. The molecule has 0 radical (unpaired) electrons. The predicted octanol–water partition coefficient (Wildman–Crippen LogP) is 0.305. The number of nitrogens with zero attached hydrogens (tertiary/aromatic N) is 4. The van der Waals surface area contributed by atoms with Gasteiger partial charge >= 0.3 is 0 Å². The number of hydrogen-bond acceptors (Lipinski definition) is 8. The maximum Gasteiger partial charge on any atom is 0.224 e. The van der Waals surface area contributed by atoms with Gasteiger partial charge in [0.1, 0.15) is 11.9 Å². The zero-order chi connectivity index (χ0) is 18.8. The molecule has 1 aliphatic heterocycles. The first kappa shape index (κ1) is 20.8. The molecule has 1 aliphatic rings. The predicted molar refractivity (Wildman–Crippen MR) is 102 cm³/mol. The van der Waals surface area contributed by atoms with Crippen molar-refractivity contribution >= 4 is 11.8 Å².